The number of carbonyl (C=O) groups excluding carboxylic acids is 4. The number of carboxylic acid groups (broad SMARTS) is 2. The van der Waals surface area contributed by atoms with Gasteiger partial charge in [0.05, 0.1) is 21.5 Å². The lowest BCUT2D eigenvalue weighted by Crippen LogP contribution is -2.55. The normalized spacial score (nSPS) is 21.8. The summed E-state index contributed by atoms with van der Waals surface area (Å²) in [5.74, 6) is -4.43. The van der Waals surface area contributed by atoms with Crippen LogP contribution in [0.5, 0.6) is 0 Å². The van der Waals surface area contributed by atoms with E-state index >= 15 is 4.79 Å². The lowest BCUT2D eigenvalue weighted by Gasteiger charge is -2.41. The van der Waals surface area contributed by atoms with E-state index in [9.17, 15) is 34.2 Å². The highest BCUT2D eigenvalue weighted by Crippen LogP contribution is 2.48. The minimum absolute atomic E-state index is 0.123. The van der Waals surface area contributed by atoms with E-state index in [1.165, 1.54) is 54.9 Å². The van der Waals surface area contributed by atoms with E-state index in [-0.39, 0.29) is 29.8 Å². The number of carboxylic acids is 2. The molecule has 0 saturated carbocycles. The second kappa shape index (κ2) is 19.4. The van der Waals surface area contributed by atoms with Crippen LogP contribution in [0.3, 0.4) is 0 Å². The van der Waals surface area contributed by atoms with Gasteiger partial charge in [-0.15, -0.1) is 23.5 Å². The highest BCUT2D eigenvalue weighted by Gasteiger charge is 2.53. The molecule has 2 aliphatic heterocycles. The largest absolute Gasteiger partial charge is 0.480 e. The first-order chi connectivity index (χ1) is 27.0. The molecule has 3 unspecified atom stereocenters. The summed E-state index contributed by atoms with van der Waals surface area (Å²) in [5, 5.41) is 18.4. The second-order valence-electron chi connectivity index (χ2n) is 17.2. The van der Waals surface area contributed by atoms with Gasteiger partial charge in [0.2, 0.25) is 11.8 Å². The predicted molar refractivity (Wildman–Crippen MR) is 231 cm³/mol. The Labute approximate surface area is 358 Å². The fourth-order valence-corrected chi connectivity index (χ4v) is 12.2. The maximum atomic E-state index is 15.2. The summed E-state index contributed by atoms with van der Waals surface area (Å²) >= 11 is 2.72. The molecule has 4 rings (SSSR count). The molecule has 0 bridgehead atoms. The quantitative estimate of drug-likeness (QED) is 0.132. The minimum Gasteiger partial charge on any atom is -0.480 e. The summed E-state index contributed by atoms with van der Waals surface area (Å²) in [6.45, 7) is 16.6. The van der Waals surface area contributed by atoms with Crippen molar-refractivity contribution in [2.75, 3.05) is 30.5 Å². The monoisotopic (exact) mass is 876 g/mol. The Morgan fingerprint density at radius 2 is 1.16 bits per heavy atom. The summed E-state index contributed by atoms with van der Waals surface area (Å²) in [6, 6.07) is 12.9. The summed E-state index contributed by atoms with van der Waals surface area (Å²) in [6.07, 6.45) is 0. The van der Waals surface area contributed by atoms with Crippen molar-refractivity contribution in [1.82, 2.24) is 9.80 Å². The van der Waals surface area contributed by atoms with Gasteiger partial charge in [-0.1, -0.05) is 88.2 Å². The molecule has 12 nitrogen and oxygen atoms in total. The van der Waals surface area contributed by atoms with Crippen molar-refractivity contribution < 1.29 is 48.5 Å². The standard InChI is InChI=1S/C42H56N2O10S4/c1-24-11-15-27(16-12-24)33-43(29(21-55-33)35(46)47)32(45)26(3)20-57-58-31(19-53-38(51)40(4,5)6)42(10,23-54-39(52)41(7,8)9)37(50)44-30(36(48)49)22-56-34(44)28-17-13-25(2)14-18-28/h11-18,26,29-31,33-34H,19-23H2,1-10H3,(H,46,47)(H,48,49)/t26-,29+,30+,31?,33?,34?,42-/m1/s1. The third kappa shape index (κ3) is 11.3. The van der Waals surface area contributed by atoms with Crippen LogP contribution in [-0.4, -0.2) is 104 Å². The predicted octanol–water partition coefficient (Wildman–Crippen LogP) is 7.63. The van der Waals surface area contributed by atoms with Crippen LogP contribution in [-0.2, 0) is 38.2 Å². The van der Waals surface area contributed by atoms with Gasteiger partial charge in [-0.2, -0.15) is 0 Å². The number of hydrogen-bond acceptors (Lipinski definition) is 12. The molecule has 318 valence electrons. The first kappa shape index (κ1) is 47.3. The van der Waals surface area contributed by atoms with E-state index in [0.717, 1.165) is 22.3 Å². The maximum Gasteiger partial charge on any atom is 0.327 e. The summed E-state index contributed by atoms with van der Waals surface area (Å²) < 4.78 is 11.7. The van der Waals surface area contributed by atoms with E-state index in [2.05, 4.69) is 0 Å². The van der Waals surface area contributed by atoms with Crippen LogP contribution in [0.1, 0.15) is 88.4 Å². The van der Waals surface area contributed by atoms with Gasteiger partial charge in [0, 0.05) is 23.2 Å². The lowest BCUT2D eigenvalue weighted by molar-refractivity contribution is -0.166. The van der Waals surface area contributed by atoms with Gasteiger partial charge in [-0.3, -0.25) is 19.2 Å². The Morgan fingerprint density at radius 1 is 0.724 bits per heavy atom. The van der Waals surface area contributed by atoms with Gasteiger partial charge in [-0.05, 0) is 73.4 Å². The average molecular weight is 877 g/mol. The average Bonchev–Trinajstić information content (AvgIpc) is 3.80. The van der Waals surface area contributed by atoms with E-state index < -0.39 is 86.6 Å². The number of carbonyl (C=O) groups is 6. The Bertz CT molecular complexity index is 1830. The van der Waals surface area contributed by atoms with Crippen molar-refractivity contribution in [2.45, 2.75) is 97.3 Å². The Kier molecular flexibility index (Phi) is 15.8. The molecule has 2 saturated heterocycles. The van der Waals surface area contributed by atoms with Crippen LogP contribution >= 0.6 is 45.1 Å². The Balaban J connectivity index is 1.69. The third-order valence-electron chi connectivity index (χ3n) is 10.0. The van der Waals surface area contributed by atoms with Crippen LogP contribution in [0.25, 0.3) is 0 Å². The zero-order valence-electron chi connectivity index (χ0n) is 34.8. The molecule has 2 fully saturated rings. The molecule has 2 heterocycles. The Hall–Kier alpha value is -3.34. The summed E-state index contributed by atoms with van der Waals surface area (Å²) in [7, 11) is 2.43. The van der Waals surface area contributed by atoms with Crippen LogP contribution in [0.2, 0.25) is 0 Å². The molecular weight excluding hydrogens is 821 g/mol. The van der Waals surface area contributed by atoms with Crippen molar-refractivity contribution in [1.29, 1.82) is 0 Å². The molecule has 16 heteroatoms. The van der Waals surface area contributed by atoms with Crippen LogP contribution in [0, 0.1) is 36.0 Å². The zero-order valence-corrected chi connectivity index (χ0v) is 38.1. The molecule has 2 N–H and O–H groups in total. The van der Waals surface area contributed by atoms with Crippen LogP contribution < -0.4 is 0 Å². The van der Waals surface area contributed by atoms with E-state index in [0.29, 0.717) is 0 Å². The first-order valence-corrected chi connectivity index (χ1v) is 23.5. The van der Waals surface area contributed by atoms with E-state index in [4.69, 9.17) is 9.47 Å². The fourth-order valence-electron chi connectivity index (χ4n) is 6.14. The summed E-state index contributed by atoms with van der Waals surface area (Å²) in [4.78, 5) is 83.7. The molecule has 0 radical (unpaired) electrons. The number of aryl methyl sites for hydroxylation is 2. The first-order valence-electron chi connectivity index (χ1n) is 19.1. The number of thioether (sulfide) groups is 2. The van der Waals surface area contributed by atoms with Crippen molar-refractivity contribution in [3.63, 3.8) is 0 Å². The molecule has 58 heavy (non-hydrogen) atoms. The molecule has 2 aromatic rings. The van der Waals surface area contributed by atoms with Crippen LogP contribution in [0.4, 0.5) is 0 Å². The van der Waals surface area contributed by atoms with Crippen molar-refractivity contribution in [3.8, 4) is 0 Å². The number of hydrogen-bond donors (Lipinski definition) is 2. The van der Waals surface area contributed by atoms with Gasteiger partial charge in [0.1, 0.15) is 36.0 Å². The fraction of sp³-hybridized carbons (Fsp3) is 0.571. The number of benzene rings is 2. The molecular formula is C42H56N2O10S4. The second-order valence-corrected chi connectivity index (χ2v) is 22.1. The zero-order chi connectivity index (χ0) is 43.3. The van der Waals surface area contributed by atoms with Gasteiger partial charge >= 0.3 is 23.9 Å². The molecule has 2 aromatic carbocycles. The molecule has 0 spiro atoms. The highest BCUT2D eigenvalue weighted by atomic mass is 33.1. The number of aliphatic carboxylic acids is 2. The van der Waals surface area contributed by atoms with Gasteiger partial charge in [0.15, 0.2) is 0 Å². The molecule has 0 aliphatic carbocycles. The van der Waals surface area contributed by atoms with E-state index in [1.807, 2.05) is 62.4 Å². The smallest absolute Gasteiger partial charge is 0.327 e. The van der Waals surface area contributed by atoms with Gasteiger partial charge < -0.3 is 29.5 Å². The van der Waals surface area contributed by atoms with Crippen molar-refractivity contribution in [3.05, 3.63) is 70.8 Å². The van der Waals surface area contributed by atoms with Gasteiger partial charge in [0.25, 0.3) is 0 Å². The number of esters is 2. The number of nitrogens with zero attached hydrogens (tertiary/aromatic N) is 2. The number of amides is 2. The third-order valence-corrected chi connectivity index (χ3v) is 15.8. The van der Waals surface area contributed by atoms with Crippen molar-refractivity contribution in [2.24, 2.45) is 22.2 Å². The summed E-state index contributed by atoms with van der Waals surface area (Å²) in [5.41, 5.74) is 0.138. The highest BCUT2D eigenvalue weighted by molar-refractivity contribution is 8.77. The SMILES string of the molecule is Cc1ccc(C2SC[C@@H](C(=O)O)N2C(=O)[C@H](C)CSSC(COC(=O)C(C)(C)C)[C@@](C)(COC(=O)C(C)(C)C)C(=O)N2C(c3ccc(C)cc3)SC[C@H]2C(=O)O)cc1. The molecule has 7 atom stereocenters. The van der Waals surface area contributed by atoms with Crippen molar-refractivity contribution >= 4 is 80.8 Å². The lowest BCUT2D eigenvalue weighted by atomic mass is 9.84. The van der Waals surface area contributed by atoms with Crippen LogP contribution in [0.15, 0.2) is 48.5 Å². The van der Waals surface area contributed by atoms with Gasteiger partial charge in [-0.25, -0.2) is 9.59 Å². The Morgan fingerprint density at radius 3 is 1.60 bits per heavy atom. The molecule has 0 aromatic heterocycles. The number of ether oxygens (including phenoxy) is 2. The topological polar surface area (TPSA) is 168 Å². The molecule has 2 amide bonds. The molecule has 2 aliphatic rings. The maximum absolute atomic E-state index is 15.2. The number of rotatable bonds is 15. The van der Waals surface area contributed by atoms with E-state index in [1.54, 1.807) is 55.4 Å². The minimum atomic E-state index is -1.64.